The minimum Gasteiger partial charge on any atom is -0.378 e. The number of carbonyl (C=O) groups is 1. The second-order valence-corrected chi connectivity index (χ2v) is 10.4. The van der Waals surface area contributed by atoms with Gasteiger partial charge in [0, 0.05) is 25.0 Å². The number of amides is 1. The molecule has 0 saturated heterocycles. The number of nitrogens with two attached hydrogens (primary N) is 1. The highest BCUT2D eigenvalue weighted by Gasteiger charge is 2.62. The third kappa shape index (κ3) is 3.31. The molecule has 0 heterocycles. The SMILES string of the molecule is CCOC1CC(N)(C(=O)NCCS(=O)(=O)C(C)(C)C)C1(C)C. The molecular formula is C15H30N2O4S. The fraction of sp³-hybridized carbons (Fsp3) is 0.933. The smallest absolute Gasteiger partial charge is 0.240 e. The normalized spacial score (nSPS) is 28.0. The summed E-state index contributed by atoms with van der Waals surface area (Å²) in [5.74, 6) is -0.397. The average Bonchev–Trinajstić information content (AvgIpc) is 2.36. The Labute approximate surface area is 134 Å². The summed E-state index contributed by atoms with van der Waals surface area (Å²) in [7, 11) is -3.26. The lowest BCUT2D eigenvalue weighted by Crippen LogP contribution is -2.75. The quantitative estimate of drug-likeness (QED) is 0.750. The maximum absolute atomic E-state index is 12.4. The van der Waals surface area contributed by atoms with Gasteiger partial charge in [-0.25, -0.2) is 8.42 Å². The van der Waals surface area contributed by atoms with Gasteiger partial charge in [-0.3, -0.25) is 4.79 Å². The van der Waals surface area contributed by atoms with E-state index < -0.39 is 25.5 Å². The summed E-state index contributed by atoms with van der Waals surface area (Å²) >= 11 is 0. The van der Waals surface area contributed by atoms with Crippen LogP contribution in [-0.4, -0.2) is 49.6 Å². The van der Waals surface area contributed by atoms with E-state index in [2.05, 4.69) is 5.32 Å². The van der Waals surface area contributed by atoms with Crippen molar-refractivity contribution in [3.8, 4) is 0 Å². The lowest BCUT2D eigenvalue weighted by atomic mass is 9.54. The molecule has 0 bridgehead atoms. The average molecular weight is 334 g/mol. The topological polar surface area (TPSA) is 98.5 Å². The van der Waals surface area contributed by atoms with Crippen molar-refractivity contribution in [3.63, 3.8) is 0 Å². The molecule has 0 aliphatic heterocycles. The predicted molar refractivity (Wildman–Crippen MR) is 87.3 cm³/mol. The molecule has 22 heavy (non-hydrogen) atoms. The van der Waals surface area contributed by atoms with E-state index >= 15 is 0 Å². The highest BCUT2D eigenvalue weighted by Crippen LogP contribution is 2.49. The van der Waals surface area contributed by atoms with E-state index in [-0.39, 0.29) is 24.3 Å². The monoisotopic (exact) mass is 334 g/mol. The van der Waals surface area contributed by atoms with Crippen LogP contribution in [-0.2, 0) is 19.4 Å². The molecule has 0 aromatic carbocycles. The van der Waals surface area contributed by atoms with Crippen molar-refractivity contribution in [2.45, 2.75) is 64.4 Å². The number of rotatable bonds is 6. The summed E-state index contributed by atoms with van der Waals surface area (Å²) in [5.41, 5.74) is 4.75. The van der Waals surface area contributed by atoms with Crippen molar-refractivity contribution in [2.24, 2.45) is 11.1 Å². The minimum atomic E-state index is -3.26. The van der Waals surface area contributed by atoms with Crippen LogP contribution in [0.4, 0.5) is 0 Å². The maximum Gasteiger partial charge on any atom is 0.240 e. The molecule has 0 spiro atoms. The van der Waals surface area contributed by atoms with Crippen LogP contribution in [0.1, 0.15) is 48.0 Å². The van der Waals surface area contributed by atoms with Gasteiger partial charge in [0.2, 0.25) is 5.91 Å². The Kier molecular flexibility index (Phi) is 5.37. The summed E-state index contributed by atoms with van der Waals surface area (Å²) in [4.78, 5) is 12.4. The molecule has 1 saturated carbocycles. The highest BCUT2D eigenvalue weighted by molar-refractivity contribution is 7.92. The van der Waals surface area contributed by atoms with Gasteiger partial charge in [-0.1, -0.05) is 13.8 Å². The van der Waals surface area contributed by atoms with E-state index in [0.717, 1.165) is 0 Å². The van der Waals surface area contributed by atoms with Crippen molar-refractivity contribution in [1.29, 1.82) is 0 Å². The molecule has 0 aromatic rings. The van der Waals surface area contributed by atoms with Crippen molar-refractivity contribution in [3.05, 3.63) is 0 Å². The summed E-state index contributed by atoms with van der Waals surface area (Å²) in [6, 6.07) is 0. The molecule has 3 N–H and O–H groups in total. The minimum absolute atomic E-state index is 0.0495. The number of ether oxygens (including phenoxy) is 1. The summed E-state index contributed by atoms with van der Waals surface area (Å²) in [5, 5.41) is 2.67. The van der Waals surface area contributed by atoms with Gasteiger partial charge in [0.25, 0.3) is 0 Å². The van der Waals surface area contributed by atoms with Crippen LogP contribution in [0.5, 0.6) is 0 Å². The number of sulfone groups is 1. The first kappa shape index (κ1) is 19.4. The van der Waals surface area contributed by atoms with Crippen LogP contribution in [0.3, 0.4) is 0 Å². The lowest BCUT2D eigenvalue weighted by Gasteiger charge is -2.57. The van der Waals surface area contributed by atoms with Crippen LogP contribution in [0, 0.1) is 5.41 Å². The Morgan fingerprint density at radius 1 is 1.36 bits per heavy atom. The van der Waals surface area contributed by atoms with Crippen LogP contribution in [0.2, 0.25) is 0 Å². The molecule has 130 valence electrons. The Balaban J connectivity index is 2.61. The molecule has 7 heteroatoms. The molecule has 0 aromatic heterocycles. The van der Waals surface area contributed by atoms with E-state index in [1.54, 1.807) is 20.8 Å². The van der Waals surface area contributed by atoms with Gasteiger partial charge in [0.05, 0.1) is 16.6 Å². The Morgan fingerprint density at radius 3 is 2.32 bits per heavy atom. The van der Waals surface area contributed by atoms with E-state index in [9.17, 15) is 13.2 Å². The van der Waals surface area contributed by atoms with Gasteiger partial charge >= 0.3 is 0 Å². The highest BCUT2D eigenvalue weighted by atomic mass is 32.2. The zero-order chi connectivity index (χ0) is 17.4. The summed E-state index contributed by atoms with van der Waals surface area (Å²) in [6.45, 7) is 11.3. The van der Waals surface area contributed by atoms with Crippen molar-refractivity contribution in [1.82, 2.24) is 5.32 Å². The number of hydrogen-bond acceptors (Lipinski definition) is 5. The van der Waals surface area contributed by atoms with Gasteiger partial charge in [-0.15, -0.1) is 0 Å². The van der Waals surface area contributed by atoms with E-state index in [1.165, 1.54) is 0 Å². The van der Waals surface area contributed by atoms with Gasteiger partial charge < -0.3 is 15.8 Å². The standard InChI is InChI=1S/C15H30N2O4S/c1-7-21-11-10-15(16,14(11,5)6)12(18)17-8-9-22(19,20)13(2,3)4/h11H,7-10,16H2,1-6H3,(H,17,18). The van der Waals surface area contributed by atoms with E-state index in [1.807, 2.05) is 20.8 Å². The fourth-order valence-corrected chi connectivity index (χ4v) is 3.57. The second-order valence-electron chi connectivity index (χ2n) is 7.53. The Bertz CT molecular complexity index is 522. The molecule has 1 aliphatic rings. The summed E-state index contributed by atoms with van der Waals surface area (Å²) < 4.78 is 28.8. The Morgan fingerprint density at radius 2 is 1.91 bits per heavy atom. The van der Waals surface area contributed by atoms with Gasteiger partial charge in [0.15, 0.2) is 9.84 Å². The zero-order valence-electron chi connectivity index (χ0n) is 14.5. The van der Waals surface area contributed by atoms with Crippen molar-refractivity contribution in [2.75, 3.05) is 18.9 Å². The van der Waals surface area contributed by atoms with Gasteiger partial charge in [0.1, 0.15) is 5.54 Å². The third-order valence-electron chi connectivity index (χ3n) is 4.82. The van der Waals surface area contributed by atoms with Gasteiger partial charge in [-0.05, 0) is 27.7 Å². The largest absolute Gasteiger partial charge is 0.378 e. The number of hydrogen-bond donors (Lipinski definition) is 2. The van der Waals surface area contributed by atoms with E-state index in [0.29, 0.717) is 13.0 Å². The number of carbonyl (C=O) groups excluding carboxylic acids is 1. The van der Waals surface area contributed by atoms with Crippen LogP contribution >= 0.6 is 0 Å². The van der Waals surface area contributed by atoms with Crippen molar-refractivity contribution >= 4 is 15.7 Å². The van der Waals surface area contributed by atoms with E-state index in [4.69, 9.17) is 10.5 Å². The molecule has 0 radical (unpaired) electrons. The molecule has 2 unspecified atom stereocenters. The van der Waals surface area contributed by atoms with Crippen LogP contribution in [0.15, 0.2) is 0 Å². The summed E-state index contributed by atoms with van der Waals surface area (Å²) in [6.07, 6.45) is 0.401. The molecule has 1 amide bonds. The fourth-order valence-electron chi connectivity index (χ4n) is 2.58. The van der Waals surface area contributed by atoms with Crippen molar-refractivity contribution < 1.29 is 17.9 Å². The van der Waals surface area contributed by atoms with Crippen LogP contribution in [0.25, 0.3) is 0 Å². The molecule has 1 rings (SSSR count). The maximum atomic E-state index is 12.4. The zero-order valence-corrected chi connectivity index (χ0v) is 15.3. The predicted octanol–water partition coefficient (Wildman–Crippen LogP) is 0.848. The van der Waals surface area contributed by atoms with Crippen LogP contribution < -0.4 is 11.1 Å². The molecule has 1 fully saturated rings. The first-order chi connectivity index (χ1) is 9.79. The third-order valence-corrected chi connectivity index (χ3v) is 7.43. The number of nitrogens with one attached hydrogen (secondary N) is 1. The Hall–Kier alpha value is -0.660. The molecular weight excluding hydrogens is 304 g/mol. The second kappa shape index (κ2) is 6.09. The van der Waals surface area contributed by atoms with Gasteiger partial charge in [-0.2, -0.15) is 0 Å². The first-order valence-electron chi connectivity index (χ1n) is 7.70. The molecule has 6 nitrogen and oxygen atoms in total. The molecule has 1 aliphatic carbocycles. The lowest BCUT2D eigenvalue weighted by molar-refractivity contribution is -0.170. The molecule has 2 atom stereocenters. The first-order valence-corrected chi connectivity index (χ1v) is 9.36.